The number of carboxylic acid groups (broad SMARTS) is 2. The molecule has 0 fully saturated rings. The van der Waals surface area contributed by atoms with Crippen LogP contribution in [0.3, 0.4) is 0 Å². The molecule has 0 saturated carbocycles. The van der Waals surface area contributed by atoms with Gasteiger partial charge in [0.15, 0.2) is 0 Å². The van der Waals surface area contributed by atoms with Crippen molar-refractivity contribution in [2.75, 3.05) is 4.90 Å². The van der Waals surface area contributed by atoms with Crippen LogP contribution in [0.5, 0.6) is 0 Å². The van der Waals surface area contributed by atoms with Crippen LogP contribution in [-0.2, 0) is 6.54 Å². The highest BCUT2D eigenvalue weighted by Gasteiger charge is 2.27. The fraction of sp³-hybridized carbons (Fsp3) is 0.0625. The number of hydrogen-bond acceptors (Lipinski definition) is 4. The fourth-order valence-electron chi connectivity index (χ4n) is 2.86. The topological polar surface area (TPSA) is 94.0 Å². The number of hydrogen-bond donors (Lipinski definition) is 2. The third kappa shape index (κ3) is 2.08. The molecule has 1 aromatic carbocycles. The average Bonchev–Trinajstić information content (AvgIpc) is 2.81. The minimum absolute atomic E-state index is 0.103. The summed E-state index contributed by atoms with van der Waals surface area (Å²) in [6.45, 7) is 0.103. The highest BCUT2D eigenvalue weighted by molar-refractivity contribution is 7.20. The van der Waals surface area contributed by atoms with Crippen LogP contribution in [0.1, 0.15) is 4.88 Å². The first-order valence-electron chi connectivity index (χ1n) is 7.05. The summed E-state index contributed by atoms with van der Waals surface area (Å²) in [5.41, 5.74) is 1.26. The molecular formula is C16H11N3O4S. The summed E-state index contributed by atoms with van der Waals surface area (Å²) >= 11 is 1.39. The van der Waals surface area contributed by atoms with Crippen molar-refractivity contribution in [2.45, 2.75) is 6.54 Å². The Labute approximate surface area is 139 Å². The number of nitrogens with zero attached hydrogens (tertiary/aromatic N) is 3. The number of pyridine rings is 1. The number of thiophene rings is 1. The number of benzene rings is 1. The summed E-state index contributed by atoms with van der Waals surface area (Å²) < 4.78 is 0.896. The molecule has 4 rings (SSSR count). The van der Waals surface area contributed by atoms with Gasteiger partial charge >= 0.3 is 12.2 Å². The molecule has 0 unspecified atom stereocenters. The van der Waals surface area contributed by atoms with E-state index in [0.29, 0.717) is 10.6 Å². The molecule has 1 aliphatic heterocycles. The van der Waals surface area contributed by atoms with Gasteiger partial charge in [0.2, 0.25) is 0 Å². The second kappa shape index (κ2) is 5.20. The van der Waals surface area contributed by atoms with Gasteiger partial charge in [0.1, 0.15) is 0 Å². The standard InChI is InChI=1S/C16H11N3O4S/c20-15(21)18-6-7-19(16(22)23)14-12(8-18)24-11-4-3-10-9(13(11)14)2-1-5-17-10/h1-7H,8H2,(H,20,21)(H,22,23). The van der Waals surface area contributed by atoms with E-state index in [2.05, 4.69) is 4.98 Å². The Morgan fingerprint density at radius 2 is 1.96 bits per heavy atom. The normalized spacial score (nSPS) is 14.0. The van der Waals surface area contributed by atoms with E-state index >= 15 is 0 Å². The van der Waals surface area contributed by atoms with Gasteiger partial charge in [-0.3, -0.25) is 14.8 Å². The number of amides is 2. The highest BCUT2D eigenvalue weighted by Crippen LogP contribution is 2.43. The maximum atomic E-state index is 11.7. The maximum Gasteiger partial charge on any atom is 0.416 e. The van der Waals surface area contributed by atoms with Crippen LogP contribution < -0.4 is 4.90 Å². The largest absolute Gasteiger partial charge is 0.465 e. The van der Waals surface area contributed by atoms with Crippen molar-refractivity contribution in [2.24, 2.45) is 0 Å². The zero-order chi connectivity index (χ0) is 16.8. The number of aromatic nitrogens is 1. The van der Waals surface area contributed by atoms with Gasteiger partial charge in [-0.1, -0.05) is 6.07 Å². The molecule has 120 valence electrons. The summed E-state index contributed by atoms with van der Waals surface area (Å²) in [6, 6.07) is 7.45. The molecule has 2 amide bonds. The molecule has 2 aromatic heterocycles. The summed E-state index contributed by atoms with van der Waals surface area (Å²) in [5, 5.41) is 20.5. The first-order chi connectivity index (χ1) is 11.6. The van der Waals surface area contributed by atoms with Crippen LogP contribution in [0.4, 0.5) is 15.3 Å². The van der Waals surface area contributed by atoms with Gasteiger partial charge in [-0.2, -0.15) is 0 Å². The van der Waals surface area contributed by atoms with E-state index in [1.807, 2.05) is 18.2 Å². The van der Waals surface area contributed by atoms with Gasteiger partial charge in [-0.25, -0.2) is 9.59 Å². The molecule has 7 nitrogen and oxygen atoms in total. The molecular weight excluding hydrogens is 330 g/mol. The molecule has 0 saturated heterocycles. The van der Waals surface area contributed by atoms with E-state index in [4.69, 9.17) is 0 Å². The second-order valence-corrected chi connectivity index (χ2v) is 6.38. The second-order valence-electron chi connectivity index (χ2n) is 5.24. The van der Waals surface area contributed by atoms with Gasteiger partial charge in [0.25, 0.3) is 0 Å². The van der Waals surface area contributed by atoms with E-state index in [0.717, 1.165) is 30.8 Å². The molecule has 0 bridgehead atoms. The van der Waals surface area contributed by atoms with E-state index in [1.165, 1.54) is 23.7 Å². The van der Waals surface area contributed by atoms with Crippen LogP contribution in [0.25, 0.3) is 21.0 Å². The lowest BCUT2D eigenvalue weighted by Gasteiger charge is -2.14. The van der Waals surface area contributed by atoms with Crippen LogP contribution in [0.2, 0.25) is 0 Å². The Hall–Kier alpha value is -3.13. The van der Waals surface area contributed by atoms with Crippen LogP contribution >= 0.6 is 11.3 Å². The van der Waals surface area contributed by atoms with Crippen molar-refractivity contribution in [3.05, 3.63) is 47.7 Å². The number of rotatable bonds is 0. The molecule has 0 atom stereocenters. The molecule has 24 heavy (non-hydrogen) atoms. The van der Waals surface area contributed by atoms with Gasteiger partial charge in [0.05, 0.1) is 22.6 Å². The molecule has 1 aliphatic rings. The smallest absolute Gasteiger partial charge is 0.416 e. The first-order valence-corrected chi connectivity index (χ1v) is 7.87. The molecule has 0 spiro atoms. The third-order valence-corrected chi connectivity index (χ3v) is 5.01. The minimum Gasteiger partial charge on any atom is -0.465 e. The predicted molar refractivity (Wildman–Crippen MR) is 90.3 cm³/mol. The summed E-state index contributed by atoms with van der Waals surface area (Å²) in [4.78, 5) is 30.2. The van der Waals surface area contributed by atoms with E-state index in [9.17, 15) is 19.8 Å². The minimum atomic E-state index is -1.17. The van der Waals surface area contributed by atoms with Crippen molar-refractivity contribution in [3.63, 3.8) is 0 Å². The van der Waals surface area contributed by atoms with Crippen molar-refractivity contribution >= 4 is 50.2 Å². The molecule has 0 aliphatic carbocycles. The average molecular weight is 341 g/mol. The van der Waals surface area contributed by atoms with Crippen LogP contribution in [0, 0.1) is 0 Å². The van der Waals surface area contributed by atoms with Gasteiger partial charge in [0, 0.05) is 34.1 Å². The molecule has 3 aromatic rings. The molecule has 0 radical (unpaired) electrons. The quantitative estimate of drug-likeness (QED) is 0.647. The third-order valence-electron chi connectivity index (χ3n) is 3.88. The summed E-state index contributed by atoms with van der Waals surface area (Å²) in [7, 11) is 0. The zero-order valence-corrected chi connectivity index (χ0v) is 13.0. The van der Waals surface area contributed by atoms with E-state index in [1.54, 1.807) is 12.3 Å². The predicted octanol–water partition coefficient (Wildman–Crippen LogP) is 3.90. The number of fused-ring (bicyclic) bond motifs is 5. The van der Waals surface area contributed by atoms with Crippen molar-refractivity contribution < 1.29 is 19.8 Å². The SMILES string of the molecule is O=C(O)N1C=CN(C(=O)O)c2c(sc3ccc4ncccc4c23)C1. The lowest BCUT2D eigenvalue weighted by atomic mass is 10.1. The van der Waals surface area contributed by atoms with E-state index in [-0.39, 0.29) is 6.54 Å². The van der Waals surface area contributed by atoms with Gasteiger partial charge in [-0.15, -0.1) is 11.3 Å². The molecule has 2 N–H and O–H groups in total. The Kier molecular flexibility index (Phi) is 3.14. The molecule has 3 heterocycles. The van der Waals surface area contributed by atoms with Crippen LogP contribution in [-0.4, -0.2) is 32.3 Å². The Bertz CT molecular complexity index is 1030. The number of carbonyl (C=O) groups is 2. The highest BCUT2D eigenvalue weighted by atomic mass is 32.1. The van der Waals surface area contributed by atoms with Gasteiger partial charge in [-0.05, 0) is 18.2 Å². The Morgan fingerprint density at radius 3 is 2.71 bits per heavy atom. The fourth-order valence-corrected chi connectivity index (χ4v) is 4.08. The van der Waals surface area contributed by atoms with Crippen molar-refractivity contribution in [3.8, 4) is 0 Å². The monoisotopic (exact) mass is 341 g/mol. The van der Waals surface area contributed by atoms with Crippen molar-refractivity contribution in [1.82, 2.24) is 9.88 Å². The number of anilines is 1. The molecule has 8 heteroatoms. The first kappa shape index (κ1) is 14.5. The summed E-state index contributed by atoms with van der Waals surface area (Å²) in [6.07, 6.45) is 1.91. The van der Waals surface area contributed by atoms with Gasteiger partial charge < -0.3 is 10.2 Å². The van der Waals surface area contributed by atoms with E-state index < -0.39 is 12.2 Å². The lowest BCUT2D eigenvalue weighted by Crippen LogP contribution is -2.23. The Morgan fingerprint density at radius 1 is 1.12 bits per heavy atom. The summed E-state index contributed by atoms with van der Waals surface area (Å²) in [5.74, 6) is 0. The zero-order valence-electron chi connectivity index (χ0n) is 12.2. The van der Waals surface area contributed by atoms with Crippen LogP contribution in [0.15, 0.2) is 42.9 Å². The maximum absolute atomic E-state index is 11.7. The Balaban J connectivity index is 2.08. The van der Waals surface area contributed by atoms with Crippen molar-refractivity contribution in [1.29, 1.82) is 0 Å². The lowest BCUT2D eigenvalue weighted by molar-refractivity contribution is 0.161.